The Morgan fingerprint density at radius 3 is 2.46 bits per heavy atom. The highest BCUT2D eigenvalue weighted by Crippen LogP contribution is 2.48. The number of carbonyl (C=O) groups is 2. The van der Waals surface area contributed by atoms with Gasteiger partial charge in [0.15, 0.2) is 5.13 Å². The topological polar surface area (TPSA) is 71.1 Å². The van der Waals surface area contributed by atoms with Crippen LogP contribution in [0, 0.1) is 11.7 Å². The lowest BCUT2D eigenvalue weighted by Crippen LogP contribution is -2.14. The molecule has 0 bridgehead atoms. The summed E-state index contributed by atoms with van der Waals surface area (Å²) in [5.74, 6) is -0.413. The van der Waals surface area contributed by atoms with Crippen LogP contribution in [0.5, 0.6) is 0 Å². The lowest BCUT2D eigenvalue weighted by Gasteiger charge is -2.03. The van der Waals surface area contributed by atoms with E-state index in [1.807, 2.05) is 29.6 Å². The summed E-state index contributed by atoms with van der Waals surface area (Å²) in [7, 11) is 0. The normalized spacial score (nSPS) is 17.8. The standard InChI is InChI=1S/C21H18FN3O2S/c1-12(26)23-16-8-4-14(5-9-16)19-11-28-21(24-19)25-20(27)18-10-17(18)13-2-6-15(22)7-3-13/h2-9,11,17-18H,10H2,1H3,(H,23,26)(H,24,25,27). The van der Waals surface area contributed by atoms with Crippen LogP contribution in [-0.4, -0.2) is 16.8 Å². The van der Waals surface area contributed by atoms with Gasteiger partial charge in [0.2, 0.25) is 11.8 Å². The number of amides is 2. The van der Waals surface area contributed by atoms with Crippen LogP contribution < -0.4 is 10.6 Å². The van der Waals surface area contributed by atoms with E-state index < -0.39 is 0 Å². The molecule has 28 heavy (non-hydrogen) atoms. The van der Waals surface area contributed by atoms with E-state index in [4.69, 9.17) is 0 Å². The minimum Gasteiger partial charge on any atom is -0.326 e. The van der Waals surface area contributed by atoms with Crippen LogP contribution in [0.3, 0.4) is 0 Å². The number of thiazole rings is 1. The summed E-state index contributed by atoms with van der Waals surface area (Å²) in [5.41, 5.74) is 3.38. The van der Waals surface area contributed by atoms with Crippen molar-refractivity contribution in [2.45, 2.75) is 19.3 Å². The molecule has 1 aromatic heterocycles. The van der Waals surface area contributed by atoms with Gasteiger partial charge in [-0.15, -0.1) is 11.3 Å². The number of carbonyl (C=O) groups excluding carboxylic acids is 2. The average Bonchev–Trinajstić information content (AvgIpc) is 3.34. The van der Waals surface area contributed by atoms with Gasteiger partial charge < -0.3 is 10.6 Å². The first kappa shape index (κ1) is 18.3. The van der Waals surface area contributed by atoms with Gasteiger partial charge in [-0.05, 0) is 42.2 Å². The second-order valence-corrected chi connectivity index (χ2v) is 7.64. The Morgan fingerprint density at radius 2 is 1.79 bits per heavy atom. The lowest BCUT2D eigenvalue weighted by atomic mass is 10.1. The highest BCUT2D eigenvalue weighted by atomic mass is 32.1. The van der Waals surface area contributed by atoms with Crippen molar-refractivity contribution in [1.82, 2.24) is 4.98 Å². The van der Waals surface area contributed by atoms with E-state index in [0.29, 0.717) is 5.13 Å². The van der Waals surface area contributed by atoms with Crippen molar-refractivity contribution in [2.24, 2.45) is 5.92 Å². The van der Waals surface area contributed by atoms with E-state index in [2.05, 4.69) is 15.6 Å². The maximum Gasteiger partial charge on any atom is 0.229 e. The van der Waals surface area contributed by atoms with Gasteiger partial charge in [0, 0.05) is 29.5 Å². The number of aromatic nitrogens is 1. The minimum atomic E-state index is -0.272. The molecule has 2 unspecified atom stereocenters. The molecule has 1 saturated carbocycles. The molecule has 3 aromatic rings. The third-order valence-electron chi connectivity index (χ3n) is 4.66. The lowest BCUT2D eigenvalue weighted by molar-refractivity contribution is -0.117. The fraction of sp³-hybridized carbons (Fsp3) is 0.190. The van der Waals surface area contributed by atoms with Crippen molar-refractivity contribution >= 4 is 34.0 Å². The molecule has 0 aliphatic heterocycles. The van der Waals surface area contributed by atoms with Gasteiger partial charge in [0.1, 0.15) is 5.82 Å². The molecule has 4 rings (SSSR count). The number of rotatable bonds is 5. The fourth-order valence-electron chi connectivity index (χ4n) is 3.15. The van der Waals surface area contributed by atoms with Gasteiger partial charge in [0.05, 0.1) is 5.69 Å². The molecule has 2 N–H and O–H groups in total. The smallest absolute Gasteiger partial charge is 0.229 e. The number of nitrogens with one attached hydrogen (secondary N) is 2. The molecule has 0 spiro atoms. The van der Waals surface area contributed by atoms with E-state index in [-0.39, 0.29) is 29.5 Å². The molecular weight excluding hydrogens is 377 g/mol. The Labute approximate surface area is 165 Å². The number of benzene rings is 2. The highest BCUT2D eigenvalue weighted by Gasteiger charge is 2.44. The fourth-order valence-corrected chi connectivity index (χ4v) is 3.88. The molecule has 0 saturated heterocycles. The number of nitrogens with zero attached hydrogens (tertiary/aromatic N) is 1. The summed E-state index contributed by atoms with van der Waals surface area (Å²) in [6.07, 6.45) is 0.764. The zero-order chi connectivity index (χ0) is 19.7. The van der Waals surface area contributed by atoms with Crippen molar-refractivity contribution in [3.05, 3.63) is 65.3 Å². The Morgan fingerprint density at radius 1 is 1.07 bits per heavy atom. The summed E-state index contributed by atoms with van der Waals surface area (Å²) in [5, 5.41) is 8.03. The second kappa shape index (κ2) is 7.52. The van der Waals surface area contributed by atoms with E-state index in [1.165, 1.54) is 30.4 Å². The Balaban J connectivity index is 1.38. The van der Waals surface area contributed by atoms with Crippen LogP contribution in [0.25, 0.3) is 11.3 Å². The molecular formula is C21H18FN3O2S. The quantitative estimate of drug-likeness (QED) is 0.661. The molecule has 7 heteroatoms. The SMILES string of the molecule is CC(=O)Nc1ccc(-c2csc(NC(=O)C3CC3c3ccc(F)cc3)n2)cc1. The van der Waals surface area contributed by atoms with Crippen molar-refractivity contribution in [2.75, 3.05) is 10.6 Å². The van der Waals surface area contributed by atoms with E-state index in [1.54, 1.807) is 12.1 Å². The number of hydrogen-bond donors (Lipinski definition) is 2. The van der Waals surface area contributed by atoms with Gasteiger partial charge >= 0.3 is 0 Å². The molecule has 2 aromatic carbocycles. The molecule has 1 aliphatic carbocycles. The van der Waals surface area contributed by atoms with Crippen molar-refractivity contribution in [1.29, 1.82) is 0 Å². The molecule has 5 nitrogen and oxygen atoms in total. The molecule has 1 aliphatic rings. The molecule has 1 fully saturated rings. The Kier molecular flexibility index (Phi) is 4.92. The minimum absolute atomic E-state index is 0.0590. The van der Waals surface area contributed by atoms with Gasteiger partial charge in [0.25, 0.3) is 0 Å². The summed E-state index contributed by atoms with van der Waals surface area (Å²) in [6, 6.07) is 13.7. The van der Waals surface area contributed by atoms with E-state index >= 15 is 0 Å². The van der Waals surface area contributed by atoms with Gasteiger partial charge in [-0.3, -0.25) is 9.59 Å². The van der Waals surface area contributed by atoms with Crippen molar-refractivity contribution in [3.8, 4) is 11.3 Å². The van der Waals surface area contributed by atoms with Crippen LogP contribution in [-0.2, 0) is 9.59 Å². The number of hydrogen-bond acceptors (Lipinski definition) is 4. The molecule has 2 atom stereocenters. The predicted octanol–water partition coefficient (Wildman–Crippen LogP) is 4.65. The first-order valence-electron chi connectivity index (χ1n) is 8.89. The molecule has 0 radical (unpaired) electrons. The van der Waals surface area contributed by atoms with Gasteiger partial charge in [-0.1, -0.05) is 24.3 Å². The zero-order valence-corrected chi connectivity index (χ0v) is 15.9. The summed E-state index contributed by atoms with van der Waals surface area (Å²) in [4.78, 5) is 28.0. The number of anilines is 2. The van der Waals surface area contributed by atoms with Crippen molar-refractivity contribution < 1.29 is 14.0 Å². The molecule has 2 amide bonds. The van der Waals surface area contributed by atoms with Gasteiger partial charge in [-0.25, -0.2) is 9.37 Å². The number of halogens is 1. The molecule has 142 valence electrons. The first-order chi connectivity index (χ1) is 13.5. The maximum absolute atomic E-state index is 13.0. The Bertz CT molecular complexity index is 1010. The third kappa shape index (κ3) is 4.09. The van der Waals surface area contributed by atoms with Crippen LogP contribution in [0.1, 0.15) is 24.8 Å². The molecule has 1 heterocycles. The average molecular weight is 395 g/mol. The summed E-state index contributed by atoms with van der Waals surface area (Å²) < 4.78 is 13.0. The zero-order valence-electron chi connectivity index (χ0n) is 15.1. The van der Waals surface area contributed by atoms with Crippen LogP contribution in [0.4, 0.5) is 15.2 Å². The van der Waals surface area contributed by atoms with Crippen LogP contribution >= 0.6 is 11.3 Å². The summed E-state index contributed by atoms with van der Waals surface area (Å²) >= 11 is 1.37. The Hall–Kier alpha value is -3.06. The van der Waals surface area contributed by atoms with E-state index in [9.17, 15) is 14.0 Å². The summed E-state index contributed by atoms with van der Waals surface area (Å²) in [6.45, 7) is 1.46. The second-order valence-electron chi connectivity index (χ2n) is 6.79. The van der Waals surface area contributed by atoms with Crippen molar-refractivity contribution in [3.63, 3.8) is 0 Å². The van der Waals surface area contributed by atoms with Gasteiger partial charge in [-0.2, -0.15) is 0 Å². The third-order valence-corrected chi connectivity index (χ3v) is 5.42. The monoisotopic (exact) mass is 395 g/mol. The highest BCUT2D eigenvalue weighted by molar-refractivity contribution is 7.14. The maximum atomic E-state index is 13.0. The first-order valence-corrected chi connectivity index (χ1v) is 9.77. The van der Waals surface area contributed by atoms with E-state index in [0.717, 1.165) is 28.9 Å². The van der Waals surface area contributed by atoms with Crippen LogP contribution in [0.15, 0.2) is 53.9 Å². The predicted molar refractivity (Wildman–Crippen MR) is 108 cm³/mol. The van der Waals surface area contributed by atoms with Crippen LogP contribution in [0.2, 0.25) is 0 Å². The largest absolute Gasteiger partial charge is 0.326 e.